The van der Waals surface area contributed by atoms with Crippen LogP contribution in [0.2, 0.25) is 0 Å². The normalized spacial score (nSPS) is 25.9. The predicted octanol–water partition coefficient (Wildman–Crippen LogP) is 13.9. The zero-order valence-corrected chi connectivity index (χ0v) is 89.5. The molecule has 8 fully saturated rings. The van der Waals surface area contributed by atoms with Gasteiger partial charge in [-0.1, -0.05) is 0 Å². The van der Waals surface area contributed by atoms with Gasteiger partial charge >= 0.3 is 47.8 Å². The van der Waals surface area contributed by atoms with Crippen LogP contribution >= 0.6 is 23.5 Å². The number of thioether (sulfide) groups is 2. The Labute approximate surface area is 834 Å². The minimum atomic E-state index is -2.69. The minimum absolute atomic E-state index is 0.00831. The van der Waals surface area contributed by atoms with Crippen molar-refractivity contribution >= 4 is 71.3 Å². The van der Waals surface area contributed by atoms with Crippen LogP contribution in [0.1, 0.15) is 228 Å². The third-order valence-corrected chi connectivity index (χ3v) is 27.5. The summed E-state index contributed by atoms with van der Waals surface area (Å²) in [5.41, 5.74) is -0.842. The van der Waals surface area contributed by atoms with Gasteiger partial charge in [-0.25, -0.2) is 62.3 Å². The lowest BCUT2D eigenvalue weighted by atomic mass is 9.91. The van der Waals surface area contributed by atoms with Crippen molar-refractivity contribution in [2.75, 3.05) is 195 Å². The van der Waals surface area contributed by atoms with Crippen molar-refractivity contribution in [3.63, 3.8) is 0 Å². The number of carboxylic acids is 8. The van der Waals surface area contributed by atoms with Gasteiger partial charge in [-0.05, 0) is 243 Å². The van der Waals surface area contributed by atoms with E-state index in [1.807, 2.05) is 90.0 Å². The molecule has 8 aliphatic heterocycles. The molecule has 0 amide bonds. The van der Waals surface area contributed by atoms with Crippen molar-refractivity contribution in [3.8, 4) is 0 Å². The van der Waals surface area contributed by atoms with Gasteiger partial charge in [-0.15, -0.1) is 23.5 Å². The molecule has 0 bridgehead atoms. The highest BCUT2D eigenvalue weighted by Gasteiger charge is 2.48. The van der Waals surface area contributed by atoms with E-state index >= 15 is 0 Å². The molecule has 8 aliphatic rings. The molecule has 8 heterocycles. The SMILES string of the molecule is CC(C)(C)N1CC(F)(F)CCC1COCC(=O)O.CC(C)(C)N1CC(F)CCC1COCC(=O)O.CC(C)N1CC(F)(F)CCC1CN(C)CC(=O)O.CC(C)N1CC(F)(F)CCC1CSCC(=O)O.CC(C)N1CC(F)CCC1CN(C)CC(=O)O.CC(C)N1CC(F)CCC1CSCC(=O)O.CN(CC(=O)O)CC1CC(F)CN(C(C)(C)C)C1.CN(CC(=O)O)CC1CN(C(C)(C)C)CC(F)(F)C1. The zero-order valence-electron chi connectivity index (χ0n) is 87.9. The van der Waals surface area contributed by atoms with Crippen molar-refractivity contribution in [3.05, 3.63) is 0 Å². The Morgan fingerprint density at radius 2 is 0.650 bits per heavy atom. The van der Waals surface area contributed by atoms with Crippen LogP contribution in [0.15, 0.2) is 0 Å². The number of hydrogen-bond acceptors (Lipinski definition) is 24. The van der Waals surface area contributed by atoms with Crippen molar-refractivity contribution in [1.82, 2.24) is 58.8 Å². The quantitative estimate of drug-likeness (QED) is 0.0270. The third-order valence-electron chi connectivity index (χ3n) is 25.4. The number of alkyl halides is 12. The Morgan fingerprint density at radius 1 is 0.336 bits per heavy atom. The third kappa shape index (κ3) is 57.4. The Bertz CT molecular complexity index is 3600. The smallest absolute Gasteiger partial charge is 0.329 e. The Hall–Kier alpha value is -4.94. The van der Waals surface area contributed by atoms with Crippen LogP contribution in [0.5, 0.6) is 0 Å². The molecule has 30 nitrogen and oxygen atoms in total. The molecule has 44 heteroatoms. The van der Waals surface area contributed by atoms with Crippen LogP contribution < -0.4 is 0 Å². The van der Waals surface area contributed by atoms with E-state index in [0.717, 1.165) is 31.6 Å². The molecule has 0 aromatic heterocycles. The van der Waals surface area contributed by atoms with Gasteiger partial charge in [-0.3, -0.25) is 87.6 Å². The number of halogens is 12. The fourth-order valence-electron chi connectivity index (χ4n) is 18.8. The maximum absolute atomic E-state index is 13.8. The first-order valence-electron chi connectivity index (χ1n) is 49.0. The van der Waals surface area contributed by atoms with Crippen LogP contribution in [0.3, 0.4) is 0 Å². The molecule has 12 atom stereocenters. The molecule has 0 radical (unpaired) electrons. The Kier molecular flexibility index (Phi) is 59.3. The molecule has 0 aromatic carbocycles. The standard InChI is InChI=1S/C13H24F2N2O2.C13H25FN2O2.C12H22F2N2O2.C12H21F2NO3.C12H23FN2O2.C12H22FNO3.C11H19F2NO2S.C11H20FNO2S/c1-12(2,3)17-7-10(5-13(14,15)9-17)6-16(4)8-11(18)19;1-13(2,3)16-7-10(5-11(14)8-16)6-15(4)9-12(17)18;1-9(2)16-8-12(13,14)5-4-10(16)6-15(3)7-11(17)18;1-11(2,3)15-8-12(13,14)5-4-9(15)6-18-7-10(16)17;1-9(2)15-6-10(13)4-5-11(15)7-14(3)8-12(16)17;1-12(2,3)14-6-9(13)4-5-10(14)7-17-8-11(15)16;1-8(2)14-7-11(12,13)4-3-9(14)5-17-6-10(15)16;1-8(2)13-5-9(12)3-4-10(13)6-16-7-11(14)15/h10H,5-9H2,1-4H3,(H,18,19);10-11H,5-9H2,1-4H3,(H,17,18);9-10H,4-8H2,1-3H3,(H,17,18);9H,4-8H2,1-3H3,(H,16,17);9-11H,4-8H2,1-3H3,(H,16,17);9-10H,4-8H2,1-3H3,(H,15,16);8-9H,3-7H2,1-2H3,(H,15,16);8-10H,3-7H2,1-2H3,(H,14,15). The second-order valence-electron chi connectivity index (χ2n) is 44.1. The number of rotatable bonds is 36. The Balaban J connectivity index is 0.000000800. The Morgan fingerprint density at radius 3 is 1.02 bits per heavy atom. The molecule has 12 unspecified atom stereocenters. The van der Waals surface area contributed by atoms with Crippen molar-refractivity contribution in [1.29, 1.82) is 0 Å². The molecule has 140 heavy (non-hydrogen) atoms. The highest BCUT2D eigenvalue weighted by atomic mass is 32.2. The van der Waals surface area contributed by atoms with E-state index < -0.39 is 96.1 Å². The van der Waals surface area contributed by atoms with Gasteiger partial charge in [0.1, 0.15) is 37.9 Å². The number of aliphatic carboxylic acids is 8. The molecule has 8 saturated heterocycles. The molecular weight excluding hydrogens is 1900 g/mol. The van der Waals surface area contributed by atoms with Gasteiger partial charge in [0, 0.05) is 185 Å². The highest BCUT2D eigenvalue weighted by Crippen LogP contribution is 2.39. The number of likely N-dealkylation sites (N-methyl/N-ethyl adjacent to an activating group) is 4. The molecule has 8 N–H and O–H groups in total. The average molecular weight is 2080 g/mol. The first-order chi connectivity index (χ1) is 64.0. The topological polar surface area (TPSA) is 356 Å². The molecule has 0 spiro atoms. The zero-order chi connectivity index (χ0) is 108. The van der Waals surface area contributed by atoms with Crippen LogP contribution in [-0.4, -0.2) is 474 Å². The summed E-state index contributed by atoms with van der Waals surface area (Å²) in [5, 5.41) is 68.9. The van der Waals surface area contributed by atoms with Gasteiger partial charge in [0.05, 0.1) is 77.1 Å². The van der Waals surface area contributed by atoms with E-state index in [0.29, 0.717) is 134 Å². The first kappa shape index (κ1) is 133. The predicted molar refractivity (Wildman–Crippen MR) is 524 cm³/mol. The lowest BCUT2D eigenvalue weighted by molar-refractivity contribution is -0.147. The molecule has 0 aromatic rings. The van der Waals surface area contributed by atoms with Crippen LogP contribution in [0.4, 0.5) is 52.7 Å². The van der Waals surface area contributed by atoms with E-state index in [1.54, 1.807) is 67.4 Å². The maximum Gasteiger partial charge on any atom is 0.329 e. The van der Waals surface area contributed by atoms with E-state index in [9.17, 15) is 91.0 Å². The van der Waals surface area contributed by atoms with Gasteiger partial charge < -0.3 is 50.3 Å². The molecular formula is C96H176F12N12O18S2. The summed E-state index contributed by atoms with van der Waals surface area (Å²) in [6.45, 7) is 43.9. The lowest BCUT2D eigenvalue weighted by Gasteiger charge is -2.46. The summed E-state index contributed by atoms with van der Waals surface area (Å²) in [6.07, 6.45) is 2.25. The maximum atomic E-state index is 13.8. The number of carbonyl (C=O) groups is 8. The summed E-state index contributed by atoms with van der Waals surface area (Å²) in [6, 6.07) is 1.38. The largest absolute Gasteiger partial charge is 0.481 e. The summed E-state index contributed by atoms with van der Waals surface area (Å²) in [5.74, 6) is -16.1. The van der Waals surface area contributed by atoms with E-state index in [1.165, 1.54) is 23.5 Å². The summed E-state index contributed by atoms with van der Waals surface area (Å²) >= 11 is 2.73. The number of likely N-dealkylation sites (tertiary alicyclic amines) is 8. The number of nitrogens with zero attached hydrogens (tertiary/aromatic N) is 12. The molecule has 824 valence electrons. The van der Waals surface area contributed by atoms with Crippen LogP contribution in [-0.2, 0) is 47.8 Å². The summed E-state index contributed by atoms with van der Waals surface area (Å²) < 4.78 is 172. The van der Waals surface area contributed by atoms with Crippen molar-refractivity contribution < 1.29 is 141 Å². The van der Waals surface area contributed by atoms with Gasteiger partial charge in [-0.2, -0.15) is 0 Å². The van der Waals surface area contributed by atoms with Crippen molar-refractivity contribution in [2.24, 2.45) is 11.8 Å². The van der Waals surface area contributed by atoms with Crippen LogP contribution in [0, 0.1) is 11.8 Å². The number of ether oxygens (including phenoxy) is 2. The van der Waals surface area contributed by atoms with Crippen molar-refractivity contribution in [2.45, 2.75) is 359 Å². The van der Waals surface area contributed by atoms with Gasteiger partial charge in [0.2, 0.25) is 0 Å². The fraction of sp³-hybridized carbons (Fsp3) is 0.917. The summed E-state index contributed by atoms with van der Waals surface area (Å²) in [4.78, 5) is 106. The van der Waals surface area contributed by atoms with Gasteiger partial charge in [0.25, 0.3) is 23.7 Å². The fourth-order valence-corrected chi connectivity index (χ4v) is 20.6. The summed E-state index contributed by atoms with van der Waals surface area (Å²) in [7, 11) is 6.94. The second kappa shape index (κ2) is 62.4. The molecule has 0 aliphatic carbocycles. The lowest BCUT2D eigenvalue weighted by Crippen LogP contribution is -2.57. The molecule has 0 saturated carbocycles. The minimum Gasteiger partial charge on any atom is -0.481 e. The van der Waals surface area contributed by atoms with E-state index in [2.05, 4.69) is 68.1 Å². The monoisotopic (exact) mass is 2080 g/mol. The second-order valence-corrected chi connectivity index (χ2v) is 46.2. The number of hydrogen-bond donors (Lipinski definition) is 8. The van der Waals surface area contributed by atoms with Crippen LogP contribution in [0.25, 0.3) is 0 Å². The molecule has 8 rings (SSSR count). The van der Waals surface area contributed by atoms with E-state index in [-0.39, 0.29) is 186 Å². The number of piperidine rings is 8. The highest BCUT2D eigenvalue weighted by molar-refractivity contribution is 8.00. The first-order valence-corrected chi connectivity index (χ1v) is 51.3. The average Bonchev–Trinajstić information content (AvgIpc) is 0.981. The van der Waals surface area contributed by atoms with Gasteiger partial charge in [0.15, 0.2) is 0 Å². The number of carboxylic acid groups (broad SMARTS) is 8. The van der Waals surface area contributed by atoms with E-state index in [4.69, 9.17) is 50.3 Å².